The number of aryl methyl sites for hydroxylation is 1. The van der Waals surface area contributed by atoms with Gasteiger partial charge in [-0.2, -0.15) is 4.99 Å². The summed E-state index contributed by atoms with van der Waals surface area (Å²) in [7, 11) is 0. The summed E-state index contributed by atoms with van der Waals surface area (Å²) in [6, 6.07) is 16.1. The first-order valence-electron chi connectivity index (χ1n) is 8.33. The maximum atomic E-state index is 5.89. The van der Waals surface area contributed by atoms with Crippen molar-refractivity contribution in [3.63, 3.8) is 0 Å². The van der Waals surface area contributed by atoms with Crippen molar-refractivity contribution in [2.75, 3.05) is 6.54 Å². The molecule has 134 valence electrons. The van der Waals surface area contributed by atoms with Crippen LogP contribution in [0.2, 0.25) is 0 Å². The van der Waals surface area contributed by atoms with E-state index in [-0.39, 0.29) is 5.29 Å². The Hall–Kier alpha value is -2.69. The molecule has 0 aliphatic rings. The number of hydrogen-bond donors (Lipinski definition) is 2. The fraction of sp³-hybridized carbons (Fsp3) is 0.143. The number of halogens is 1. The number of hydrogen-bond acceptors (Lipinski definition) is 2. The van der Waals surface area contributed by atoms with Crippen molar-refractivity contribution in [3.8, 4) is 11.1 Å². The van der Waals surface area contributed by atoms with E-state index in [1.165, 1.54) is 0 Å². The zero-order valence-corrected chi connectivity index (χ0v) is 15.6. The summed E-state index contributed by atoms with van der Waals surface area (Å²) < 4.78 is 0. The topological polar surface area (TPSA) is 76.8 Å². The van der Waals surface area contributed by atoms with Crippen LogP contribution in [0.3, 0.4) is 0 Å². The van der Waals surface area contributed by atoms with Crippen LogP contribution >= 0.6 is 11.6 Å². The highest BCUT2D eigenvalue weighted by atomic mass is 35.5. The van der Waals surface area contributed by atoms with Gasteiger partial charge in [0.1, 0.15) is 0 Å². The number of allylic oxidation sites excluding steroid dienone is 1. The van der Waals surface area contributed by atoms with Gasteiger partial charge in [-0.05, 0) is 54.3 Å². The normalized spacial score (nSPS) is 13.0. The summed E-state index contributed by atoms with van der Waals surface area (Å²) in [6.45, 7) is 6.35. The number of nitrogens with two attached hydrogens (primary N) is 2. The second kappa shape index (κ2) is 9.70. The fourth-order valence-corrected chi connectivity index (χ4v) is 2.67. The predicted molar refractivity (Wildman–Crippen MR) is 113 cm³/mol. The molecule has 0 radical (unpaired) electrons. The quantitative estimate of drug-likeness (QED) is 0.344. The molecule has 0 spiro atoms. The van der Waals surface area contributed by atoms with Gasteiger partial charge in [0.15, 0.2) is 11.1 Å². The average Bonchev–Trinajstić information content (AvgIpc) is 2.64. The molecule has 4 nitrogen and oxygen atoms in total. The molecular weight excluding hydrogens is 344 g/mol. The minimum absolute atomic E-state index is 0.0757. The molecule has 0 aliphatic heterocycles. The van der Waals surface area contributed by atoms with Gasteiger partial charge in [0, 0.05) is 5.56 Å². The Kier molecular flexibility index (Phi) is 7.33. The third-order valence-corrected chi connectivity index (χ3v) is 3.84. The largest absolute Gasteiger partial charge is 0.374 e. The van der Waals surface area contributed by atoms with Crippen LogP contribution in [-0.2, 0) is 0 Å². The van der Waals surface area contributed by atoms with E-state index < -0.39 is 0 Å². The Morgan fingerprint density at radius 1 is 1.12 bits per heavy atom. The molecule has 0 aromatic heterocycles. The Bertz CT molecular complexity index is 848. The van der Waals surface area contributed by atoms with Crippen molar-refractivity contribution in [2.24, 2.45) is 21.5 Å². The molecule has 2 aromatic carbocycles. The molecule has 0 saturated carbocycles. The maximum Gasteiger partial charge on any atom is 0.195 e. The van der Waals surface area contributed by atoms with Crippen LogP contribution in [0.5, 0.6) is 0 Å². The second-order valence-electron chi connectivity index (χ2n) is 5.64. The molecule has 26 heavy (non-hydrogen) atoms. The first-order chi connectivity index (χ1) is 12.6. The summed E-state index contributed by atoms with van der Waals surface area (Å²) in [6.07, 6.45) is 4.26. The molecule has 4 N–H and O–H groups in total. The molecular formula is C21H23ClN4. The fourth-order valence-electron chi connectivity index (χ4n) is 2.59. The maximum absolute atomic E-state index is 5.89. The lowest BCUT2D eigenvalue weighted by Crippen LogP contribution is -2.10. The van der Waals surface area contributed by atoms with Crippen molar-refractivity contribution >= 4 is 22.7 Å². The van der Waals surface area contributed by atoms with Crippen LogP contribution in [0.1, 0.15) is 17.5 Å². The van der Waals surface area contributed by atoms with Crippen molar-refractivity contribution < 1.29 is 0 Å². The zero-order chi connectivity index (χ0) is 18.9. The van der Waals surface area contributed by atoms with Gasteiger partial charge in [-0.25, -0.2) is 4.99 Å². The monoisotopic (exact) mass is 366 g/mol. The molecule has 2 aromatic rings. The number of amidine groups is 2. The number of nitrogens with zero attached hydrogens (tertiary/aromatic N) is 2. The molecule has 0 heterocycles. The lowest BCUT2D eigenvalue weighted by Gasteiger charge is -2.13. The molecule has 0 atom stereocenters. The summed E-state index contributed by atoms with van der Waals surface area (Å²) in [5, 5.41) is -0.0757. The van der Waals surface area contributed by atoms with E-state index in [9.17, 15) is 0 Å². The highest BCUT2D eigenvalue weighted by Gasteiger charge is 2.14. The summed E-state index contributed by atoms with van der Waals surface area (Å²) >= 11 is 5.89. The van der Waals surface area contributed by atoms with Crippen molar-refractivity contribution in [3.05, 3.63) is 84.1 Å². The van der Waals surface area contributed by atoms with Crippen LogP contribution in [0, 0.1) is 6.92 Å². The van der Waals surface area contributed by atoms with Gasteiger partial charge in [0.05, 0.1) is 5.70 Å². The van der Waals surface area contributed by atoms with E-state index in [0.717, 1.165) is 22.3 Å². The van der Waals surface area contributed by atoms with Crippen molar-refractivity contribution in [1.82, 2.24) is 0 Å². The van der Waals surface area contributed by atoms with Crippen LogP contribution in [0.25, 0.3) is 11.1 Å². The first-order valence-corrected chi connectivity index (χ1v) is 8.71. The SMILES string of the molecule is C=C/C(=C\CCN)N=C(N=C(N)Cl)c1c(C)cccc1-c1ccccc1. The van der Waals surface area contributed by atoms with Gasteiger partial charge >= 0.3 is 0 Å². The molecule has 0 bridgehead atoms. The highest BCUT2D eigenvalue weighted by Crippen LogP contribution is 2.28. The van der Waals surface area contributed by atoms with Crippen LogP contribution < -0.4 is 11.5 Å². The smallest absolute Gasteiger partial charge is 0.195 e. The van der Waals surface area contributed by atoms with Crippen molar-refractivity contribution in [1.29, 1.82) is 0 Å². The number of aliphatic imine (C=N–C) groups is 2. The zero-order valence-electron chi connectivity index (χ0n) is 14.8. The Morgan fingerprint density at radius 3 is 2.46 bits per heavy atom. The standard InChI is InChI=1S/C21H23ClN4/c1-3-17(12-8-14-23)25-20(26-21(22)24)19-15(2)9-7-13-18(19)16-10-5-4-6-11-16/h3-7,9-13H,1,8,14,23H2,2H3,(H2,24,25,26)/b17-12+. The van der Waals surface area contributed by atoms with Crippen LogP contribution in [-0.4, -0.2) is 17.7 Å². The van der Waals surface area contributed by atoms with E-state index in [2.05, 4.69) is 16.6 Å². The van der Waals surface area contributed by atoms with E-state index in [1.54, 1.807) is 6.08 Å². The number of rotatable bonds is 6. The van der Waals surface area contributed by atoms with Crippen molar-refractivity contribution in [2.45, 2.75) is 13.3 Å². The lowest BCUT2D eigenvalue weighted by atomic mass is 9.95. The van der Waals surface area contributed by atoms with Crippen LogP contribution in [0.4, 0.5) is 0 Å². The third-order valence-electron chi connectivity index (χ3n) is 3.76. The minimum atomic E-state index is -0.0757. The Morgan fingerprint density at radius 2 is 1.85 bits per heavy atom. The molecule has 0 fully saturated rings. The molecule has 2 rings (SSSR count). The van der Waals surface area contributed by atoms with E-state index in [4.69, 9.17) is 23.1 Å². The van der Waals surface area contributed by atoms with Gasteiger partial charge in [-0.15, -0.1) is 0 Å². The number of benzene rings is 2. The lowest BCUT2D eigenvalue weighted by molar-refractivity contribution is 0.998. The van der Waals surface area contributed by atoms with E-state index in [0.29, 0.717) is 24.5 Å². The summed E-state index contributed by atoms with van der Waals surface area (Å²) in [4.78, 5) is 8.92. The van der Waals surface area contributed by atoms with E-state index >= 15 is 0 Å². The Labute approximate surface area is 159 Å². The molecule has 0 saturated heterocycles. The van der Waals surface area contributed by atoms with Gasteiger partial charge < -0.3 is 11.5 Å². The predicted octanol–water partition coefficient (Wildman–Crippen LogP) is 4.38. The van der Waals surface area contributed by atoms with Gasteiger partial charge in [0.2, 0.25) is 0 Å². The van der Waals surface area contributed by atoms with Crippen LogP contribution in [0.15, 0.2) is 82.9 Å². The van der Waals surface area contributed by atoms with Gasteiger partial charge in [0.25, 0.3) is 0 Å². The first kappa shape index (κ1) is 19.6. The van der Waals surface area contributed by atoms with Gasteiger partial charge in [-0.3, -0.25) is 0 Å². The molecule has 0 unspecified atom stereocenters. The summed E-state index contributed by atoms with van der Waals surface area (Å²) in [5.41, 5.74) is 15.9. The molecule has 0 aliphatic carbocycles. The molecule has 0 amide bonds. The second-order valence-corrected chi connectivity index (χ2v) is 6.03. The highest BCUT2D eigenvalue weighted by molar-refractivity contribution is 6.65. The third kappa shape index (κ3) is 5.15. The van der Waals surface area contributed by atoms with E-state index in [1.807, 2.05) is 61.5 Å². The Balaban J connectivity index is 2.70. The summed E-state index contributed by atoms with van der Waals surface area (Å²) in [5.74, 6) is 0.442. The minimum Gasteiger partial charge on any atom is -0.374 e. The molecule has 5 heteroatoms. The van der Waals surface area contributed by atoms with Gasteiger partial charge in [-0.1, -0.05) is 61.2 Å². The average molecular weight is 367 g/mol.